The lowest BCUT2D eigenvalue weighted by molar-refractivity contribution is 0.0994. The number of hydrogen-bond acceptors (Lipinski definition) is 4. The van der Waals surface area contributed by atoms with Crippen LogP contribution in [0.3, 0.4) is 0 Å². The molecule has 0 radical (unpaired) electrons. The van der Waals surface area contributed by atoms with E-state index < -0.39 is 5.91 Å². The van der Waals surface area contributed by atoms with E-state index in [2.05, 4.69) is 31.4 Å². The van der Waals surface area contributed by atoms with Crippen LogP contribution in [-0.4, -0.2) is 25.5 Å². The van der Waals surface area contributed by atoms with E-state index in [0.717, 1.165) is 5.56 Å². The second kappa shape index (κ2) is 8.44. The molecule has 0 unspecified atom stereocenters. The predicted molar refractivity (Wildman–Crippen MR) is 113 cm³/mol. The number of halogens is 3. The molecule has 0 fully saturated rings. The monoisotopic (exact) mass is 493 g/mol. The number of nitrogens with zero attached hydrogens (tertiary/aromatic N) is 4. The zero-order valence-electron chi connectivity index (χ0n) is 14.8. The highest BCUT2D eigenvalue weighted by atomic mass is 79.9. The number of aromatic nitrogens is 4. The third-order valence-electron chi connectivity index (χ3n) is 4.04. The minimum absolute atomic E-state index is 0.193. The summed E-state index contributed by atoms with van der Waals surface area (Å²) in [7, 11) is 0. The Balaban J connectivity index is 1.43. The third kappa shape index (κ3) is 4.72. The Labute approximate surface area is 184 Å². The van der Waals surface area contributed by atoms with Gasteiger partial charge in [-0.2, -0.15) is 10.2 Å². The summed E-state index contributed by atoms with van der Waals surface area (Å²) < 4.78 is 9.65. The molecule has 1 N–H and O–H groups in total. The quantitative estimate of drug-likeness (QED) is 0.405. The molecule has 0 atom stereocenters. The van der Waals surface area contributed by atoms with Crippen molar-refractivity contribution in [1.82, 2.24) is 19.6 Å². The summed E-state index contributed by atoms with van der Waals surface area (Å²) in [5.41, 5.74) is 0.932. The van der Waals surface area contributed by atoms with Crippen molar-refractivity contribution in [3.63, 3.8) is 0 Å². The Morgan fingerprint density at radius 1 is 1.14 bits per heavy atom. The van der Waals surface area contributed by atoms with Gasteiger partial charge in [0.15, 0.2) is 11.6 Å². The Kier molecular flexibility index (Phi) is 5.75. The summed E-state index contributed by atoms with van der Waals surface area (Å²) in [4.78, 5) is 12.5. The SMILES string of the molecule is O=C(Nc1nn(Cc2ccc(Cl)c(Cl)c2)cc1Br)c1ccc(Cn2cccn2)o1. The summed E-state index contributed by atoms with van der Waals surface area (Å²) in [6, 6.07) is 10.6. The summed E-state index contributed by atoms with van der Waals surface area (Å²) in [6.45, 7) is 0.919. The molecule has 29 heavy (non-hydrogen) atoms. The van der Waals surface area contributed by atoms with Crippen LogP contribution in [0.1, 0.15) is 21.9 Å². The fraction of sp³-hybridized carbons (Fsp3) is 0.105. The topological polar surface area (TPSA) is 77.9 Å². The van der Waals surface area contributed by atoms with Crippen LogP contribution in [0.15, 0.2) is 63.9 Å². The molecule has 7 nitrogen and oxygen atoms in total. The maximum absolute atomic E-state index is 12.5. The fourth-order valence-corrected chi connectivity index (χ4v) is 3.43. The van der Waals surface area contributed by atoms with Crippen LogP contribution in [0.25, 0.3) is 0 Å². The smallest absolute Gasteiger partial charge is 0.292 e. The van der Waals surface area contributed by atoms with E-state index in [1.165, 1.54) is 0 Å². The minimum atomic E-state index is -0.391. The molecule has 0 saturated heterocycles. The van der Waals surface area contributed by atoms with E-state index in [0.29, 0.717) is 39.2 Å². The van der Waals surface area contributed by atoms with Gasteiger partial charge in [0.05, 0.1) is 27.6 Å². The highest BCUT2D eigenvalue weighted by Crippen LogP contribution is 2.25. The number of carbonyl (C=O) groups is 1. The number of nitrogens with one attached hydrogen (secondary N) is 1. The predicted octanol–water partition coefficient (Wildman–Crippen LogP) is 5.09. The van der Waals surface area contributed by atoms with Crippen molar-refractivity contribution in [2.75, 3.05) is 5.32 Å². The summed E-state index contributed by atoms with van der Waals surface area (Å²) in [5, 5.41) is 12.2. The molecule has 10 heteroatoms. The van der Waals surface area contributed by atoms with Crippen molar-refractivity contribution in [2.24, 2.45) is 0 Å². The second-order valence-electron chi connectivity index (χ2n) is 6.20. The molecule has 0 bridgehead atoms. The van der Waals surface area contributed by atoms with Crippen LogP contribution in [0.2, 0.25) is 10.0 Å². The zero-order valence-corrected chi connectivity index (χ0v) is 17.9. The van der Waals surface area contributed by atoms with E-state index in [1.54, 1.807) is 46.0 Å². The molecule has 4 aromatic rings. The largest absolute Gasteiger partial charge is 0.454 e. The molecular formula is C19H14BrCl2N5O2. The third-order valence-corrected chi connectivity index (χ3v) is 5.36. The van der Waals surface area contributed by atoms with Crippen molar-refractivity contribution in [3.8, 4) is 0 Å². The van der Waals surface area contributed by atoms with Gasteiger partial charge >= 0.3 is 0 Å². The average Bonchev–Trinajstić information content (AvgIpc) is 3.42. The van der Waals surface area contributed by atoms with E-state index in [4.69, 9.17) is 27.6 Å². The van der Waals surface area contributed by atoms with Crippen molar-refractivity contribution in [3.05, 3.63) is 86.6 Å². The van der Waals surface area contributed by atoms with Crippen molar-refractivity contribution in [1.29, 1.82) is 0 Å². The maximum atomic E-state index is 12.5. The van der Waals surface area contributed by atoms with Gasteiger partial charge in [-0.25, -0.2) is 0 Å². The number of anilines is 1. The standard InChI is InChI=1S/C19H14BrCl2N5O2/c20-14-11-27(9-12-2-4-15(21)16(22)8-12)25-18(14)24-19(28)17-5-3-13(29-17)10-26-7-1-6-23-26/h1-8,11H,9-10H2,(H,24,25,28). The first kappa shape index (κ1) is 19.8. The maximum Gasteiger partial charge on any atom is 0.292 e. The lowest BCUT2D eigenvalue weighted by Gasteiger charge is -2.04. The molecule has 3 aromatic heterocycles. The zero-order chi connectivity index (χ0) is 20.4. The van der Waals surface area contributed by atoms with Crippen LogP contribution < -0.4 is 5.32 Å². The number of furan rings is 1. The summed E-state index contributed by atoms with van der Waals surface area (Å²) in [6.07, 6.45) is 5.27. The van der Waals surface area contributed by atoms with Crippen LogP contribution in [-0.2, 0) is 13.1 Å². The fourth-order valence-electron chi connectivity index (χ4n) is 2.70. The van der Waals surface area contributed by atoms with Gasteiger partial charge in [-0.1, -0.05) is 29.3 Å². The molecule has 0 aliphatic carbocycles. The first-order valence-corrected chi connectivity index (χ1v) is 10.1. The highest BCUT2D eigenvalue weighted by molar-refractivity contribution is 9.10. The highest BCUT2D eigenvalue weighted by Gasteiger charge is 2.16. The van der Waals surface area contributed by atoms with Gasteiger partial charge in [0, 0.05) is 18.6 Å². The van der Waals surface area contributed by atoms with Gasteiger partial charge in [0.2, 0.25) is 0 Å². The van der Waals surface area contributed by atoms with E-state index in [1.807, 2.05) is 18.3 Å². The summed E-state index contributed by atoms with van der Waals surface area (Å²) >= 11 is 15.4. The molecule has 0 aliphatic heterocycles. The van der Waals surface area contributed by atoms with Gasteiger partial charge in [-0.15, -0.1) is 0 Å². The molecule has 0 aliphatic rings. The molecule has 3 heterocycles. The average molecular weight is 495 g/mol. The van der Waals surface area contributed by atoms with E-state index in [9.17, 15) is 4.79 Å². The molecule has 1 aromatic carbocycles. The number of hydrogen-bond donors (Lipinski definition) is 1. The van der Waals surface area contributed by atoms with Gasteiger partial charge in [-0.05, 0) is 51.8 Å². The molecule has 148 valence electrons. The first-order valence-electron chi connectivity index (χ1n) is 8.52. The van der Waals surface area contributed by atoms with Crippen molar-refractivity contribution < 1.29 is 9.21 Å². The van der Waals surface area contributed by atoms with Crippen LogP contribution >= 0.6 is 39.1 Å². The van der Waals surface area contributed by atoms with Gasteiger partial charge in [0.25, 0.3) is 5.91 Å². The van der Waals surface area contributed by atoms with Gasteiger partial charge in [-0.3, -0.25) is 14.2 Å². The number of rotatable bonds is 6. The number of amides is 1. The second-order valence-corrected chi connectivity index (χ2v) is 7.86. The minimum Gasteiger partial charge on any atom is -0.454 e. The first-order chi connectivity index (χ1) is 14.0. The normalized spacial score (nSPS) is 11.0. The molecule has 4 rings (SSSR count). The number of benzene rings is 1. The molecule has 1 amide bonds. The Bertz CT molecular complexity index is 1150. The molecular weight excluding hydrogens is 481 g/mol. The Morgan fingerprint density at radius 3 is 2.76 bits per heavy atom. The van der Waals surface area contributed by atoms with Crippen LogP contribution in [0.4, 0.5) is 5.82 Å². The molecule has 0 spiro atoms. The Morgan fingerprint density at radius 2 is 2.00 bits per heavy atom. The van der Waals surface area contributed by atoms with Crippen molar-refractivity contribution >= 4 is 50.9 Å². The lowest BCUT2D eigenvalue weighted by atomic mass is 10.2. The van der Waals surface area contributed by atoms with Crippen LogP contribution in [0.5, 0.6) is 0 Å². The number of carbonyl (C=O) groups excluding carboxylic acids is 1. The van der Waals surface area contributed by atoms with Crippen LogP contribution in [0, 0.1) is 0 Å². The summed E-state index contributed by atoms with van der Waals surface area (Å²) in [5.74, 6) is 0.818. The van der Waals surface area contributed by atoms with Crippen molar-refractivity contribution in [2.45, 2.75) is 13.1 Å². The Hall–Kier alpha value is -2.55. The lowest BCUT2D eigenvalue weighted by Crippen LogP contribution is -2.12. The van der Waals surface area contributed by atoms with Gasteiger partial charge in [0.1, 0.15) is 5.76 Å². The van der Waals surface area contributed by atoms with E-state index >= 15 is 0 Å². The molecule has 0 saturated carbocycles. The van der Waals surface area contributed by atoms with E-state index in [-0.39, 0.29) is 5.76 Å². The van der Waals surface area contributed by atoms with Gasteiger partial charge < -0.3 is 9.73 Å².